The molecule has 0 saturated heterocycles. The summed E-state index contributed by atoms with van der Waals surface area (Å²) in [7, 11) is 0. The number of aliphatic hydroxyl groups is 4. The predicted molar refractivity (Wildman–Crippen MR) is 64.5 cm³/mol. The molecule has 0 aromatic rings. The van der Waals surface area contributed by atoms with Crippen molar-refractivity contribution < 1.29 is 25.2 Å². The van der Waals surface area contributed by atoms with E-state index in [9.17, 15) is 10.2 Å². The lowest BCUT2D eigenvalue weighted by Gasteiger charge is -2.36. The highest BCUT2D eigenvalue weighted by atomic mass is 16.5. The van der Waals surface area contributed by atoms with Gasteiger partial charge >= 0.3 is 0 Å². The van der Waals surface area contributed by atoms with Gasteiger partial charge in [0.25, 0.3) is 0 Å². The van der Waals surface area contributed by atoms with Crippen LogP contribution in [0.3, 0.4) is 0 Å². The first-order valence-corrected chi connectivity index (χ1v) is 5.50. The highest BCUT2D eigenvalue weighted by Crippen LogP contribution is 2.26. The minimum absolute atomic E-state index is 0.130. The van der Waals surface area contributed by atoms with Gasteiger partial charge in [0.1, 0.15) is 17.8 Å². The van der Waals surface area contributed by atoms with Gasteiger partial charge in [0.05, 0.1) is 19.8 Å². The van der Waals surface area contributed by atoms with Gasteiger partial charge in [-0.15, -0.1) is 13.2 Å². The molecule has 2 unspecified atom stereocenters. The number of hydrogen-bond acceptors (Lipinski definition) is 5. The Labute approximate surface area is 102 Å². The smallest absolute Gasteiger partial charge is 0.107 e. The van der Waals surface area contributed by atoms with E-state index in [0.717, 1.165) is 0 Å². The van der Waals surface area contributed by atoms with E-state index in [2.05, 4.69) is 13.2 Å². The summed E-state index contributed by atoms with van der Waals surface area (Å²) in [6.45, 7) is 6.13. The summed E-state index contributed by atoms with van der Waals surface area (Å²) in [6, 6.07) is 0. The molecule has 0 bridgehead atoms. The van der Waals surface area contributed by atoms with Gasteiger partial charge in [0.15, 0.2) is 0 Å². The number of ether oxygens (including phenoxy) is 1. The van der Waals surface area contributed by atoms with Crippen LogP contribution in [0.2, 0.25) is 0 Å². The van der Waals surface area contributed by atoms with Crippen molar-refractivity contribution in [3.05, 3.63) is 25.3 Å². The molecule has 0 aliphatic rings. The zero-order chi connectivity index (χ0) is 13.3. The van der Waals surface area contributed by atoms with Gasteiger partial charge in [-0.1, -0.05) is 12.2 Å². The highest BCUT2D eigenvalue weighted by Gasteiger charge is 2.37. The van der Waals surface area contributed by atoms with Crippen molar-refractivity contribution in [3.8, 4) is 0 Å². The van der Waals surface area contributed by atoms with E-state index in [-0.39, 0.29) is 6.61 Å². The molecule has 100 valence electrons. The molecule has 5 nitrogen and oxygen atoms in total. The van der Waals surface area contributed by atoms with Crippen LogP contribution in [-0.2, 0) is 4.74 Å². The van der Waals surface area contributed by atoms with Crippen molar-refractivity contribution in [2.75, 3.05) is 19.8 Å². The van der Waals surface area contributed by atoms with Gasteiger partial charge in [-0.25, -0.2) is 0 Å². The molecule has 0 saturated carbocycles. The minimum atomic E-state index is -1.11. The van der Waals surface area contributed by atoms with E-state index < -0.39 is 31.0 Å². The maximum atomic E-state index is 9.80. The molecule has 0 spiro atoms. The van der Waals surface area contributed by atoms with Crippen LogP contribution in [0.4, 0.5) is 0 Å². The first-order valence-electron chi connectivity index (χ1n) is 5.50. The lowest BCUT2D eigenvalue weighted by atomic mass is 9.89. The first kappa shape index (κ1) is 16.3. The summed E-state index contributed by atoms with van der Waals surface area (Å²) in [5.41, 5.74) is -1.06. The third-order valence-corrected chi connectivity index (χ3v) is 2.53. The van der Waals surface area contributed by atoms with Crippen LogP contribution in [0.25, 0.3) is 0 Å². The molecule has 0 aliphatic carbocycles. The van der Waals surface area contributed by atoms with Crippen molar-refractivity contribution in [1.82, 2.24) is 0 Å². The fourth-order valence-electron chi connectivity index (χ4n) is 1.54. The third-order valence-electron chi connectivity index (χ3n) is 2.53. The first-order chi connectivity index (χ1) is 8.06. The summed E-state index contributed by atoms with van der Waals surface area (Å²) in [6.07, 6.45) is 1.61. The van der Waals surface area contributed by atoms with Crippen molar-refractivity contribution >= 4 is 0 Å². The van der Waals surface area contributed by atoms with Crippen LogP contribution in [0.15, 0.2) is 25.3 Å². The summed E-state index contributed by atoms with van der Waals surface area (Å²) in [5, 5.41) is 36.8. The van der Waals surface area contributed by atoms with E-state index in [1.165, 1.54) is 0 Å². The van der Waals surface area contributed by atoms with Gasteiger partial charge in [0, 0.05) is 0 Å². The Balaban J connectivity index is 4.75. The van der Waals surface area contributed by atoms with Crippen LogP contribution in [0.5, 0.6) is 0 Å². The van der Waals surface area contributed by atoms with E-state index >= 15 is 0 Å². The van der Waals surface area contributed by atoms with E-state index in [1.54, 1.807) is 12.2 Å². The normalized spacial score (nSPS) is 15.3. The summed E-state index contributed by atoms with van der Waals surface area (Å²) >= 11 is 0. The fraction of sp³-hybridized carbons (Fsp3) is 0.667. The van der Waals surface area contributed by atoms with E-state index in [4.69, 9.17) is 14.9 Å². The Bertz CT molecular complexity index is 219. The third kappa shape index (κ3) is 4.97. The average Bonchev–Trinajstić information content (AvgIpc) is 2.34. The molecule has 5 heteroatoms. The van der Waals surface area contributed by atoms with Crippen LogP contribution in [0, 0.1) is 0 Å². The fourth-order valence-corrected chi connectivity index (χ4v) is 1.54. The maximum Gasteiger partial charge on any atom is 0.107 e. The van der Waals surface area contributed by atoms with Gasteiger partial charge < -0.3 is 25.2 Å². The Hall–Kier alpha value is -0.720. The Kier molecular flexibility index (Phi) is 8.03. The molecule has 0 heterocycles. The Morgan fingerprint density at radius 2 is 1.59 bits per heavy atom. The number of aliphatic hydroxyl groups excluding tert-OH is 4. The molecule has 0 fully saturated rings. The molecule has 0 aliphatic heterocycles. The quantitative estimate of drug-likeness (QED) is 0.394. The largest absolute Gasteiger partial charge is 0.394 e. The zero-order valence-corrected chi connectivity index (χ0v) is 9.96. The predicted octanol–water partition coefficient (Wildman–Crippen LogP) is -0.400. The molecule has 0 aromatic carbocycles. The molecule has 4 N–H and O–H groups in total. The zero-order valence-electron chi connectivity index (χ0n) is 9.96. The number of hydrogen-bond donors (Lipinski definition) is 4. The van der Waals surface area contributed by atoms with E-state index in [0.29, 0.717) is 12.8 Å². The molecule has 0 radical (unpaired) electrons. The van der Waals surface area contributed by atoms with Crippen LogP contribution in [-0.4, -0.2) is 58.1 Å². The monoisotopic (exact) mass is 246 g/mol. The molecule has 0 amide bonds. The number of rotatable bonds is 10. The SMILES string of the molecule is C=CCC(CC=C)(OCC(O)CO)C(O)CO. The van der Waals surface area contributed by atoms with Crippen LogP contribution < -0.4 is 0 Å². The molecule has 17 heavy (non-hydrogen) atoms. The summed E-state index contributed by atoms with van der Waals surface area (Å²) < 4.78 is 5.45. The van der Waals surface area contributed by atoms with Crippen LogP contribution in [0.1, 0.15) is 12.8 Å². The van der Waals surface area contributed by atoms with Gasteiger partial charge in [-0.05, 0) is 12.8 Å². The van der Waals surface area contributed by atoms with Crippen molar-refractivity contribution in [2.24, 2.45) is 0 Å². The molecule has 0 rings (SSSR count). The second kappa shape index (κ2) is 8.38. The van der Waals surface area contributed by atoms with Crippen molar-refractivity contribution in [3.63, 3.8) is 0 Å². The lowest BCUT2D eigenvalue weighted by Crippen LogP contribution is -2.48. The standard InChI is InChI=1S/C12H22O5/c1-3-5-12(6-4-2,11(16)8-14)17-9-10(15)7-13/h3-4,10-11,13-16H,1-2,5-9H2. The van der Waals surface area contributed by atoms with Gasteiger partial charge in [0.2, 0.25) is 0 Å². The topological polar surface area (TPSA) is 90.2 Å². The minimum Gasteiger partial charge on any atom is -0.394 e. The Morgan fingerprint density at radius 1 is 1.06 bits per heavy atom. The Morgan fingerprint density at radius 3 is 1.94 bits per heavy atom. The molecular weight excluding hydrogens is 224 g/mol. The van der Waals surface area contributed by atoms with Crippen molar-refractivity contribution in [1.29, 1.82) is 0 Å². The van der Waals surface area contributed by atoms with Crippen LogP contribution >= 0.6 is 0 Å². The van der Waals surface area contributed by atoms with Gasteiger partial charge in [-0.2, -0.15) is 0 Å². The summed E-state index contributed by atoms with van der Waals surface area (Å²) in [4.78, 5) is 0. The van der Waals surface area contributed by atoms with Crippen molar-refractivity contribution in [2.45, 2.75) is 30.7 Å². The second-order valence-electron chi connectivity index (χ2n) is 3.90. The van der Waals surface area contributed by atoms with E-state index in [1.807, 2.05) is 0 Å². The lowest BCUT2D eigenvalue weighted by molar-refractivity contribution is -0.153. The molecule has 2 atom stereocenters. The summed E-state index contributed by atoms with van der Waals surface area (Å²) in [5.74, 6) is 0. The molecular formula is C12H22O5. The highest BCUT2D eigenvalue weighted by molar-refractivity contribution is 4.98. The average molecular weight is 246 g/mol. The maximum absolute atomic E-state index is 9.80. The van der Waals surface area contributed by atoms with Gasteiger partial charge in [-0.3, -0.25) is 0 Å². The second-order valence-corrected chi connectivity index (χ2v) is 3.90. The molecule has 0 aromatic heterocycles.